The van der Waals surface area contributed by atoms with Gasteiger partial charge in [-0.1, -0.05) is 0 Å². The van der Waals surface area contributed by atoms with Crippen molar-refractivity contribution >= 4 is 6.41 Å². The molecule has 1 aromatic carbocycles. The van der Waals surface area contributed by atoms with Gasteiger partial charge in [0, 0.05) is 17.7 Å². The summed E-state index contributed by atoms with van der Waals surface area (Å²) in [6.45, 7) is -2.01. The zero-order chi connectivity index (χ0) is 22.3. The van der Waals surface area contributed by atoms with Gasteiger partial charge < -0.3 is 15.8 Å². The lowest BCUT2D eigenvalue weighted by Gasteiger charge is -2.27. The summed E-state index contributed by atoms with van der Waals surface area (Å²) in [7, 11) is 0. The molecule has 3 rings (SSSR count). The number of hydrogen-bond donors (Lipinski definition) is 2. The summed E-state index contributed by atoms with van der Waals surface area (Å²) in [4.78, 5) is 14.4. The van der Waals surface area contributed by atoms with Crippen molar-refractivity contribution in [3.8, 4) is 17.0 Å². The van der Waals surface area contributed by atoms with Gasteiger partial charge in [-0.25, -0.2) is 9.37 Å². The molecule has 0 saturated heterocycles. The largest absolute Gasteiger partial charge is 0.488 e. The summed E-state index contributed by atoms with van der Waals surface area (Å²) >= 11 is 0. The van der Waals surface area contributed by atoms with Gasteiger partial charge in [-0.15, -0.1) is 0 Å². The monoisotopic (exact) mass is 437 g/mol. The van der Waals surface area contributed by atoms with E-state index in [1.807, 2.05) is 5.32 Å². The molecule has 1 aliphatic heterocycles. The predicted molar refractivity (Wildman–Crippen MR) is 89.9 cm³/mol. The number of carbonyl (C=O) groups is 1. The van der Waals surface area contributed by atoms with Crippen LogP contribution in [0.3, 0.4) is 0 Å². The van der Waals surface area contributed by atoms with E-state index in [0.717, 1.165) is 24.3 Å². The van der Waals surface area contributed by atoms with E-state index >= 15 is 0 Å². The second-order valence-electron chi connectivity index (χ2n) is 6.66. The predicted octanol–water partition coefficient (Wildman–Crippen LogP) is 3.39. The van der Waals surface area contributed by atoms with Crippen LogP contribution in [0.25, 0.3) is 11.3 Å². The van der Waals surface area contributed by atoms with Crippen LogP contribution < -0.4 is 15.8 Å². The third-order valence-electron chi connectivity index (χ3n) is 4.70. The van der Waals surface area contributed by atoms with Crippen molar-refractivity contribution in [3.63, 3.8) is 0 Å². The van der Waals surface area contributed by atoms with Gasteiger partial charge in [-0.05, 0) is 30.3 Å². The van der Waals surface area contributed by atoms with Crippen LogP contribution in [0.2, 0.25) is 0 Å². The first kappa shape index (κ1) is 21.8. The summed E-state index contributed by atoms with van der Waals surface area (Å²) in [6.07, 6.45) is -9.95. The highest BCUT2D eigenvalue weighted by atomic mass is 19.4. The van der Waals surface area contributed by atoms with Gasteiger partial charge in [0.15, 0.2) is 11.3 Å². The number of nitrogens with two attached hydrogens (primary N) is 1. The van der Waals surface area contributed by atoms with Gasteiger partial charge in [-0.3, -0.25) is 4.79 Å². The molecule has 0 saturated carbocycles. The van der Waals surface area contributed by atoms with Crippen molar-refractivity contribution in [1.29, 1.82) is 0 Å². The number of benzene rings is 1. The van der Waals surface area contributed by atoms with Crippen LogP contribution in [0.4, 0.5) is 30.7 Å². The SMILES string of the molecule is N[C@@]1(C(F)(F)F)COc2c1cc(C(CNC=O)C(F)(F)F)nc2-c1ccc(F)cc1. The van der Waals surface area contributed by atoms with Crippen molar-refractivity contribution in [2.24, 2.45) is 5.73 Å². The summed E-state index contributed by atoms with van der Waals surface area (Å²) in [6, 6.07) is 4.82. The Hall–Kier alpha value is -2.89. The number of aromatic nitrogens is 1. The average Bonchev–Trinajstić information content (AvgIpc) is 2.99. The molecule has 1 amide bonds. The van der Waals surface area contributed by atoms with Crippen LogP contribution in [-0.4, -0.2) is 36.9 Å². The zero-order valence-corrected chi connectivity index (χ0v) is 14.9. The molecule has 0 aliphatic carbocycles. The molecule has 3 N–H and O–H groups in total. The minimum absolute atomic E-state index is 0.0268. The molecule has 2 atom stereocenters. The molecule has 1 aromatic heterocycles. The highest BCUT2D eigenvalue weighted by Crippen LogP contribution is 2.50. The number of hydrogen-bond acceptors (Lipinski definition) is 4. The Kier molecular flexibility index (Phi) is 5.39. The molecule has 12 heteroatoms. The molecule has 1 unspecified atom stereocenters. The number of rotatable bonds is 5. The summed E-state index contributed by atoms with van der Waals surface area (Å²) in [5.41, 5.74) is 0.610. The fourth-order valence-electron chi connectivity index (χ4n) is 3.06. The summed E-state index contributed by atoms with van der Waals surface area (Å²) < 4.78 is 99.9. The molecular formula is C18H14F7N3O2. The highest BCUT2D eigenvalue weighted by molar-refractivity contribution is 5.71. The van der Waals surface area contributed by atoms with E-state index in [0.29, 0.717) is 6.07 Å². The molecule has 0 bridgehead atoms. The quantitative estimate of drug-likeness (QED) is 0.556. The maximum atomic E-state index is 13.6. The van der Waals surface area contributed by atoms with Crippen LogP contribution in [0.1, 0.15) is 17.2 Å². The fraction of sp³-hybridized carbons (Fsp3) is 0.333. The van der Waals surface area contributed by atoms with E-state index in [9.17, 15) is 35.5 Å². The first-order chi connectivity index (χ1) is 13.9. The van der Waals surface area contributed by atoms with Crippen LogP contribution in [-0.2, 0) is 10.3 Å². The lowest BCUT2D eigenvalue weighted by atomic mass is 9.89. The van der Waals surface area contributed by atoms with Gasteiger partial charge in [0.1, 0.15) is 24.0 Å². The summed E-state index contributed by atoms with van der Waals surface area (Å²) in [5.74, 6) is -3.51. The topological polar surface area (TPSA) is 77.2 Å². The van der Waals surface area contributed by atoms with E-state index < -0.39 is 59.8 Å². The van der Waals surface area contributed by atoms with Gasteiger partial charge in [0.2, 0.25) is 6.41 Å². The van der Waals surface area contributed by atoms with Crippen LogP contribution >= 0.6 is 0 Å². The van der Waals surface area contributed by atoms with E-state index in [1.165, 1.54) is 0 Å². The van der Waals surface area contributed by atoms with Crippen molar-refractivity contribution in [2.75, 3.05) is 13.2 Å². The Morgan fingerprint density at radius 2 is 1.83 bits per heavy atom. The number of carbonyl (C=O) groups excluding carboxylic acids is 1. The number of pyridine rings is 1. The second kappa shape index (κ2) is 7.42. The number of alkyl halides is 6. The fourth-order valence-corrected chi connectivity index (χ4v) is 3.06. The molecule has 2 aromatic rings. The Bertz CT molecular complexity index is 945. The number of nitrogens with one attached hydrogen (secondary N) is 1. The number of nitrogens with zero attached hydrogens (tertiary/aromatic N) is 1. The van der Waals surface area contributed by atoms with Gasteiger partial charge in [-0.2, -0.15) is 26.3 Å². The number of amides is 1. The van der Waals surface area contributed by atoms with Crippen LogP contribution in [0.15, 0.2) is 30.3 Å². The molecule has 0 radical (unpaired) electrons. The molecule has 162 valence electrons. The zero-order valence-electron chi connectivity index (χ0n) is 14.9. The molecule has 0 spiro atoms. The Morgan fingerprint density at radius 3 is 2.37 bits per heavy atom. The van der Waals surface area contributed by atoms with Gasteiger partial charge >= 0.3 is 12.4 Å². The van der Waals surface area contributed by atoms with Crippen LogP contribution in [0.5, 0.6) is 5.75 Å². The molecule has 1 aliphatic rings. The Morgan fingerprint density at radius 1 is 1.20 bits per heavy atom. The standard InChI is InChI=1S/C18H14F7N3O2/c19-10-3-1-9(2-4-10)14-15-11(16(26,7-30-15)18(23,24)25)5-13(28-14)12(6-27-8-29)17(20,21)22/h1-5,8,12H,6-7,26H2,(H,27,29)/t12?,16-/m0/s1. The number of halogens is 7. The van der Waals surface area contributed by atoms with Crippen molar-refractivity contribution < 1.29 is 40.3 Å². The van der Waals surface area contributed by atoms with Gasteiger partial charge in [0.05, 0.1) is 5.69 Å². The first-order valence-corrected chi connectivity index (χ1v) is 8.42. The van der Waals surface area contributed by atoms with E-state index in [2.05, 4.69) is 4.98 Å². The molecule has 2 heterocycles. The normalized spacial score (nSPS) is 19.7. The first-order valence-electron chi connectivity index (χ1n) is 8.42. The number of fused-ring (bicyclic) bond motifs is 1. The van der Waals surface area contributed by atoms with E-state index in [4.69, 9.17) is 10.5 Å². The van der Waals surface area contributed by atoms with Crippen molar-refractivity contribution in [3.05, 3.63) is 47.4 Å². The average molecular weight is 437 g/mol. The second-order valence-corrected chi connectivity index (χ2v) is 6.66. The van der Waals surface area contributed by atoms with E-state index in [-0.39, 0.29) is 17.7 Å². The highest BCUT2D eigenvalue weighted by Gasteiger charge is 2.59. The third kappa shape index (κ3) is 3.78. The maximum absolute atomic E-state index is 13.6. The molecular weight excluding hydrogens is 423 g/mol. The molecule has 0 fully saturated rings. The maximum Gasteiger partial charge on any atom is 0.414 e. The van der Waals surface area contributed by atoms with Crippen molar-refractivity contribution in [1.82, 2.24) is 10.3 Å². The lowest BCUT2D eigenvalue weighted by molar-refractivity contribution is -0.191. The Labute approximate surface area is 165 Å². The van der Waals surface area contributed by atoms with E-state index in [1.54, 1.807) is 0 Å². The molecule has 5 nitrogen and oxygen atoms in total. The van der Waals surface area contributed by atoms with Crippen LogP contribution in [0, 0.1) is 5.82 Å². The Balaban J connectivity index is 2.27. The molecule has 30 heavy (non-hydrogen) atoms. The lowest BCUT2D eigenvalue weighted by Crippen LogP contribution is -2.51. The van der Waals surface area contributed by atoms with Gasteiger partial charge in [0.25, 0.3) is 0 Å². The smallest absolute Gasteiger partial charge is 0.414 e. The third-order valence-corrected chi connectivity index (χ3v) is 4.70. The minimum Gasteiger partial charge on any atom is -0.488 e. The number of ether oxygens (including phenoxy) is 1. The van der Waals surface area contributed by atoms with Crippen molar-refractivity contribution in [2.45, 2.75) is 23.8 Å². The summed E-state index contributed by atoms with van der Waals surface area (Å²) in [5, 5.41) is 1.86. The minimum atomic E-state index is -5.04.